The topological polar surface area (TPSA) is 59.8 Å². The van der Waals surface area contributed by atoms with E-state index in [0.717, 1.165) is 5.69 Å². The number of carbonyl (C=O) groups excluding carboxylic acids is 1. The van der Waals surface area contributed by atoms with Gasteiger partial charge in [-0.25, -0.2) is 9.67 Å². The number of amides is 1. The third-order valence-corrected chi connectivity index (χ3v) is 2.81. The standard InChI is InChI=1S/C15H12N4O/c20-15(18-14-8-3-4-9-16-14)12-6-1-2-7-13(12)19-11-5-10-17-19/h1-11H,(H,16,18,20). The molecule has 0 unspecified atom stereocenters. The SMILES string of the molecule is O=C(Nc1ccccn1)c1ccccc1-n1cccn1. The zero-order valence-corrected chi connectivity index (χ0v) is 10.6. The Kier molecular flexibility index (Phi) is 3.24. The Morgan fingerprint density at radius 3 is 2.60 bits per heavy atom. The summed E-state index contributed by atoms with van der Waals surface area (Å²) in [6.45, 7) is 0. The predicted octanol–water partition coefficient (Wildman–Crippen LogP) is 2.52. The number of benzene rings is 1. The van der Waals surface area contributed by atoms with Crippen LogP contribution in [0.15, 0.2) is 67.1 Å². The van der Waals surface area contributed by atoms with Gasteiger partial charge in [-0.1, -0.05) is 18.2 Å². The molecule has 98 valence electrons. The third kappa shape index (κ3) is 2.42. The molecule has 1 aromatic carbocycles. The van der Waals surface area contributed by atoms with Gasteiger partial charge in [-0.15, -0.1) is 0 Å². The number of hydrogen-bond donors (Lipinski definition) is 1. The fraction of sp³-hybridized carbons (Fsp3) is 0. The molecule has 0 atom stereocenters. The molecule has 2 heterocycles. The van der Waals surface area contributed by atoms with Crippen molar-refractivity contribution in [3.05, 3.63) is 72.7 Å². The predicted molar refractivity (Wildman–Crippen MR) is 75.8 cm³/mol. The molecule has 0 aliphatic heterocycles. The number of pyridine rings is 1. The molecule has 2 aromatic heterocycles. The van der Waals surface area contributed by atoms with E-state index in [1.54, 1.807) is 41.5 Å². The van der Waals surface area contributed by atoms with E-state index < -0.39 is 0 Å². The van der Waals surface area contributed by atoms with Crippen molar-refractivity contribution in [3.63, 3.8) is 0 Å². The lowest BCUT2D eigenvalue weighted by Crippen LogP contribution is -2.15. The summed E-state index contributed by atoms with van der Waals surface area (Å²) >= 11 is 0. The van der Waals surface area contributed by atoms with Crippen molar-refractivity contribution in [3.8, 4) is 5.69 Å². The van der Waals surface area contributed by atoms with Crippen molar-refractivity contribution in [2.45, 2.75) is 0 Å². The first-order chi connectivity index (χ1) is 9.84. The zero-order chi connectivity index (χ0) is 13.8. The van der Waals surface area contributed by atoms with Crippen LogP contribution in [0.3, 0.4) is 0 Å². The Bertz CT molecular complexity index is 708. The number of anilines is 1. The second-order valence-corrected chi connectivity index (χ2v) is 4.14. The van der Waals surface area contributed by atoms with Gasteiger partial charge < -0.3 is 5.32 Å². The van der Waals surface area contributed by atoms with Crippen molar-refractivity contribution in [1.29, 1.82) is 0 Å². The number of aromatic nitrogens is 3. The highest BCUT2D eigenvalue weighted by Gasteiger charge is 2.12. The molecule has 0 saturated carbocycles. The van der Waals surface area contributed by atoms with Crippen LogP contribution in [0.4, 0.5) is 5.82 Å². The van der Waals surface area contributed by atoms with Gasteiger partial charge in [0.2, 0.25) is 0 Å². The quantitative estimate of drug-likeness (QED) is 0.790. The number of nitrogens with zero attached hydrogens (tertiary/aromatic N) is 3. The highest BCUT2D eigenvalue weighted by Crippen LogP contribution is 2.15. The Labute approximate surface area is 115 Å². The third-order valence-electron chi connectivity index (χ3n) is 2.81. The smallest absolute Gasteiger partial charge is 0.259 e. The molecule has 20 heavy (non-hydrogen) atoms. The van der Waals surface area contributed by atoms with Crippen LogP contribution in [0.5, 0.6) is 0 Å². The normalized spacial score (nSPS) is 10.2. The highest BCUT2D eigenvalue weighted by molar-refractivity contribution is 6.06. The van der Waals surface area contributed by atoms with Crippen LogP contribution in [0.1, 0.15) is 10.4 Å². The second kappa shape index (κ2) is 5.36. The minimum Gasteiger partial charge on any atom is -0.306 e. The van der Waals surface area contributed by atoms with Gasteiger partial charge in [0, 0.05) is 18.6 Å². The van der Waals surface area contributed by atoms with Crippen LogP contribution in [0, 0.1) is 0 Å². The molecule has 5 heteroatoms. The van der Waals surface area contributed by atoms with Crippen molar-refractivity contribution < 1.29 is 4.79 Å². The lowest BCUT2D eigenvalue weighted by atomic mass is 10.1. The average Bonchev–Trinajstić information content (AvgIpc) is 3.02. The molecule has 1 N–H and O–H groups in total. The minimum atomic E-state index is -0.213. The number of hydrogen-bond acceptors (Lipinski definition) is 3. The van der Waals surface area contributed by atoms with Crippen LogP contribution in [0.2, 0.25) is 0 Å². The number of rotatable bonds is 3. The summed E-state index contributed by atoms with van der Waals surface area (Å²) in [5, 5.41) is 6.93. The molecule has 0 aliphatic rings. The van der Waals surface area contributed by atoms with E-state index >= 15 is 0 Å². The van der Waals surface area contributed by atoms with Crippen LogP contribution in [-0.4, -0.2) is 20.7 Å². The summed E-state index contributed by atoms with van der Waals surface area (Å²) in [5.74, 6) is 0.308. The summed E-state index contributed by atoms with van der Waals surface area (Å²) in [7, 11) is 0. The van der Waals surface area contributed by atoms with E-state index in [0.29, 0.717) is 11.4 Å². The first kappa shape index (κ1) is 12.1. The van der Waals surface area contributed by atoms with Gasteiger partial charge in [0.05, 0.1) is 11.3 Å². The van der Waals surface area contributed by atoms with Gasteiger partial charge in [-0.3, -0.25) is 4.79 Å². The summed E-state index contributed by atoms with van der Waals surface area (Å²) in [4.78, 5) is 16.4. The maximum Gasteiger partial charge on any atom is 0.259 e. The van der Waals surface area contributed by atoms with E-state index in [4.69, 9.17) is 0 Å². The van der Waals surface area contributed by atoms with Crippen LogP contribution in [0.25, 0.3) is 5.69 Å². The van der Waals surface area contributed by atoms with E-state index in [1.165, 1.54) is 0 Å². The van der Waals surface area contributed by atoms with Crippen molar-refractivity contribution >= 4 is 11.7 Å². The molecule has 1 amide bonds. The van der Waals surface area contributed by atoms with Crippen molar-refractivity contribution in [2.24, 2.45) is 0 Å². The van der Waals surface area contributed by atoms with Gasteiger partial charge in [-0.2, -0.15) is 5.10 Å². The monoisotopic (exact) mass is 264 g/mol. The van der Waals surface area contributed by atoms with Gasteiger partial charge in [-0.05, 0) is 30.3 Å². The van der Waals surface area contributed by atoms with Crippen molar-refractivity contribution in [2.75, 3.05) is 5.32 Å². The van der Waals surface area contributed by atoms with Crippen LogP contribution >= 0.6 is 0 Å². The summed E-state index contributed by atoms with van der Waals surface area (Å²) in [5.41, 5.74) is 1.27. The molecule has 0 spiro atoms. The van der Waals surface area contributed by atoms with E-state index in [-0.39, 0.29) is 5.91 Å². The molecule has 5 nitrogen and oxygen atoms in total. The minimum absolute atomic E-state index is 0.213. The molecule has 3 rings (SSSR count). The first-order valence-corrected chi connectivity index (χ1v) is 6.16. The summed E-state index contributed by atoms with van der Waals surface area (Å²) in [6, 6.07) is 14.5. The fourth-order valence-electron chi connectivity index (χ4n) is 1.90. The summed E-state index contributed by atoms with van der Waals surface area (Å²) < 4.78 is 1.66. The van der Waals surface area contributed by atoms with Gasteiger partial charge >= 0.3 is 0 Å². The van der Waals surface area contributed by atoms with Gasteiger partial charge in [0.15, 0.2) is 0 Å². The molecule has 3 aromatic rings. The maximum absolute atomic E-state index is 12.3. The van der Waals surface area contributed by atoms with E-state index in [9.17, 15) is 4.79 Å². The van der Waals surface area contributed by atoms with Crippen LogP contribution < -0.4 is 5.32 Å². The summed E-state index contributed by atoms with van der Waals surface area (Å²) in [6.07, 6.45) is 5.11. The molecule has 0 aliphatic carbocycles. The Hall–Kier alpha value is -2.95. The molecule has 0 fully saturated rings. The van der Waals surface area contributed by atoms with E-state index in [1.807, 2.05) is 30.3 Å². The zero-order valence-electron chi connectivity index (χ0n) is 10.6. The molecule has 0 bridgehead atoms. The lowest BCUT2D eigenvalue weighted by Gasteiger charge is -2.09. The Morgan fingerprint density at radius 1 is 1.00 bits per heavy atom. The second-order valence-electron chi connectivity index (χ2n) is 4.14. The number of nitrogens with one attached hydrogen (secondary N) is 1. The van der Waals surface area contributed by atoms with Gasteiger partial charge in [0.25, 0.3) is 5.91 Å². The Morgan fingerprint density at radius 2 is 1.85 bits per heavy atom. The van der Waals surface area contributed by atoms with Crippen molar-refractivity contribution in [1.82, 2.24) is 14.8 Å². The van der Waals surface area contributed by atoms with Gasteiger partial charge in [0.1, 0.15) is 5.82 Å². The van der Waals surface area contributed by atoms with Crippen LogP contribution in [-0.2, 0) is 0 Å². The number of para-hydroxylation sites is 1. The largest absolute Gasteiger partial charge is 0.306 e. The van der Waals surface area contributed by atoms with E-state index in [2.05, 4.69) is 15.4 Å². The molecule has 0 saturated heterocycles. The maximum atomic E-state index is 12.3. The Balaban J connectivity index is 1.93. The molecular weight excluding hydrogens is 252 g/mol. The average molecular weight is 264 g/mol. The lowest BCUT2D eigenvalue weighted by molar-refractivity contribution is 0.102. The number of carbonyl (C=O) groups is 1. The molecule has 0 radical (unpaired) electrons. The fourth-order valence-corrected chi connectivity index (χ4v) is 1.90. The highest BCUT2D eigenvalue weighted by atomic mass is 16.1. The molecular formula is C15H12N4O. The first-order valence-electron chi connectivity index (χ1n) is 6.16.